The molecule has 1 aromatic rings. The van der Waals surface area contributed by atoms with E-state index in [4.69, 9.17) is 4.74 Å². The Hall–Kier alpha value is -1.19. The summed E-state index contributed by atoms with van der Waals surface area (Å²) in [7, 11) is 1.86. The minimum atomic E-state index is -0.519. The molecule has 5 rings (SSSR count). The standard InChI is InChI=1S/C30H44O3/c1-19-6-7-21(16-20(19)2)27(31)26-11-10-24-23-9-8-22-17-28(3,32)14-15-30(22,18-33-5)25(23)12-13-29(24,26)4/h6-7,16,22-26,32H,8-15,17-18H2,1-5H3/t22-,23-,24-,25-,26+,28+,29-,30+/m0/s1. The average molecular weight is 453 g/mol. The molecule has 0 amide bonds. The van der Waals surface area contributed by atoms with Crippen LogP contribution in [0.2, 0.25) is 0 Å². The van der Waals surface area contributed by atoms with Gasteiger partial charge in [0, 0.05) is 18.6 Å². The van der Waals surface area contributed by atoms with Crippen LogP contribution in [-0.4, -0.2) is 30.2 Å². The molecule has 0 radical (unpaired) electrons. The largest absolute Gasteiger partial charge is 0.390 e. The summed E-state index contributed by atoms with van der Waals surface area (Å²) in [5.74, 6) is 3.15. The molecule has 8 atom stereocenters. The van der Waals surface area contributed by atoms with Gasteiger partial charge in [-0.2, -0.15) is 0 Å². The van der Waals surface area contributed by atoms with E-state index in [-0.39, 0.29) is 16.7 Å². The number of fused-ring (bicyclic) bond motifs is 5. The average Bonchev–Trinajstić information content (AvgIpc) is 3.12. The Morgan fingerprint density at radius 1 is 1.00 bits per heavy atom. The third-order valence-corrected chi connectivity index (χ3v) is 11.2. The number of methoxy groups -OCH3 is 1. The van der Waals surface area contributed by atoms with Crippen LogP contribution in [-0.2, 0) is 4.74 Å². The van der Waals surface area contributed by atoms with E-state index in [0.29, 0.717) is 29.5 Å². The first-order valence-corrected chi connectivity index (χ1v) is 13.4. The number of carbonyl (C=O) groups is 1. The van der Waals surface area contributed by atoms with Gasteiger partial charge >= 0.3 is 0 Å². The lowest BCUT2D eigenvalue weighted by Crippen LogP contribution is -2.58. The lowest BCUT2D eigenvalue weighted by molar-refractivity contribution is -0.173. The van der Waals surface area contributed by atoms with Gasteiger partial charge in [-0.25, -0.2) is 0 Å². The topological polar surface area (TPSA) is 46.5 Å². The molecule has 3 heteroatoms. The number of hydrogen-bond acceptors (Lipinski definition) is 3. The molecule has 0 bridgehead atoms. The van der Waals surface area contributed by atoms with Crippen molar-refractivity contribution in [3.8, 4) is 0 Å². The minimum Gasteiger partial charge on any atom is -0.390 e. The highest BCUT2D eigenvalue weighted by atomic mass is 16.5. The van der Waals surface area contributed by atoms with Gasteiger partial charge in [0.15, 0.2) is 5.78 Å². The number of ketones is 1. The first kappa shape index (κ1) is 23.5. The molecule has 0 aliphatic heterocycles. The van der Waals surface area contributed by atoms with E-state index in [9.17, 15) is 9.90 Å². The van der Waals surface area contributed by atoms with Gasteiger partial charge in [0.1, 0.15) is 0 Å². The maximum atomic E-state index is 13.7. The van der Waals surface area contributed by atoms with Crippen molar-refractivity contribution in [2.24, 2.45) is 40.4 Å². The van der Waals surface area contributed by atoms with Gasteiger partial charge in [-0.15, -0.1) is 0 Å². The summed E-state index contributed by atoms with van der Waals surface area (Å²) in [6.45, 7) is 9.56. The summed E-state index contributed by atoms with van der Waals surface area (Å²) in [4.78, 5) is 13.7. The van der Waals surface area contributed by atoms with Crippen molar-refractivity contribution in [1.29, 1.82) is 0 Å². The van der Waals surface area contributed by atoms with Gasteiger partial charge in [-0.1, -0.05) is 19.1 Å². The molecule has 4 saturated carbocycles. The maximum absolute atomic E-state index is 13.7. The zero-order chi connectivity index (χ0) is 23.6. The molecule has 0 heterocycles. The van der Waals surface area contributed by atoms with Crippen LogP contribution in [0, 0.1) is 54.3 Å². The van der Waals surface area contributed by atoms with E-state index in [1.54, 1.807) is 0 Å². The van der Waals surface area contributed by atoms with E-state index >= 15 is 0 Å². The smallest absolute Gasteiger partial charge is 0.166 e. The SMILES string of the molecule is COC[C@]12CC[C@@](C)(O)C[C@@H]1CC[C@H]1[C@@H]3CC[C@H](C(=O)c4ccc(C)c(C)c4)[C@@]3(C)CC[C@@H]12. The molecule has 0 saturated heterocycles. The molecule has 4 fully saturated rings. The van der Waals surface area contributed by atoms with Crippen LogP contribution >= 0.6 is 0 Å². The molecule has 1 N–H and O–H groups in total. The van der Waals surface area contributed by atoms with Gasteiger partial charge in [-0.3, -0.25) is 4.79 Å². The normalized spacial score (nSPS) is 44.6. The van der Waals surface area contributed by atoms with E-state index in [2.05, 4.69) is 39.0 Å². The third-order valence-electron chi connectivity index (χ3n) is 11.2. The Labute approximate surface area is 200 Å². The second-order valence-corrected chi connectivity index (χ2v) is 12.9. The fourth-order valence-electron chi connectivity index (χ4n) is 9.31. The quantitative estimate of drug-likeness (QED) is 0.529. The Kier molecular flexibility index (Phi) is 5.85. The monoisotopic (exact) mass is 452 g/mol. The van der Waals surface area contributed by atoms with E-state index in [1.807, 2.05) is 14.0 Å². The summed E-state index contributed by atoms with van der Waals surface area (Å²) in [5.41, 5.74) is 3.22. The van der Waals surface area contributed by atoms with Crippen LogP contribution in [0.5, 0.6) is 0 Å². The van der Waals surface area contributed by atoms with Crippen molar-refractivity contribution in [2.45, 2.75) is 91.1 Å². The summed E-state index contributed by atoms with van der Waals surface area (Å²) >= 11 is 0. The Bertz CT molecular complexity index is 919. The Balaban J connectivity index is 1.42. The predicted octanol–water partition coefficient (Wildman–Crippen LogP) is 6.52. The van der Waals surface area contributed by atoms with Crippen molar-refractivity contribution in [2.75, 3.05) is 13.7 Å². The summed E-state index contributed by atoms with van der Waals surface area (Å²) < 4.78 is 5.90. The van der Waals surface area contributed by atoms with Crippen molar-refractivity contribution in [1.82, 2.24) is 0 Å². The second kappa shape index (κ2) is 8.19. The van der Waals surface area contributed by atoms with Crippen molar-refractivity contribution >= 4 is 5.78 Å². The number of benzene rings is 1. The number of aliphatic hydroxyl groups is 1. The first-order chi connectivity index (χ1) is 15.6. The zero-order valence-electron chi connectivity index (χ0n) is 21.5. The predicted molar refractivity (Wildman–Crippen MR) is 132 cm³/mol. The fraction of sp³-hybridized carbons (Fsp3) is 0.767. The molecule has 0 unspecified atom stereocenters. The van der Waals surface area contributed by atoms with Crippen LogP contribution in [0.25, 0.3) is 0 Å². The maximum Gasteiger partial charge on any atom is 0.166 e. The van der Waals surface area contributed by atoms with Gasteiger partial charge < -0.3 is 9.84 Å². The van der Waals surface area contributed by atoms with Gasteiger partial charge in [0.25, 0.3) is 0 Å². The highest BCUT2D eigenvalue weighted by Crippen LogP contribution is 2.68. The molecule has 33 heavy (non-hydrogen) atoms. The van der Waals surface area contributed by atoms with Gasteiger partial charge in [0.2, 0.25) is 0 Å². The minimum absolute atomic E-state index is 0.123. The van der Waals surface area contributed by atoms with Crippen molar-refractivity contribution in [3.05, 3.63) is 34.9 Å². The first-order valence-electron chi connectivity index (χ1n) is 13.4. The van der Waals surface area contributed by atoms with E-state index in [0.717, 1.165) is 44.3 Å². The van der Waals surface area contributed by atoms with E-state index in [1.165, 1.54) is 36.8 Å². The van der Waals surface area contributed by atoms with Crippen molar-refractivity contribution in [3.63, 3.8) is 0 Å². The van der Waals surface area contributed by atoms with Gasteiger partial charge in [0.05, 0.1) is 12.2 Å². The van der Waals surface area contributed by atoms with Crippen molar-refractivity contribution < 1.29 is 14.6 Å². The lowest BCUT2D eigenvalue weighted by atomic mass is 9.43. The molecule has 3 nitrogen and oxygen atoms in total. The van der Waals surface area contributed by atoms with Crippen LogP contribution in [0.15, 0.2) is 18.2 Å². The molecule has 1 aromatic carbocycles. The molecule has 0 aromatic heterocycles. The van der Waals surface area contributed by atoms with Gasteiger partial charge in [-0.05, 0) is 130 Å². The van der Waals surface area contributed by atoms with Crippen LogP contribution in [0.3, 0.4) is 0 Å². The zero-order valence-corrected chi connectivity index (χ0v) is 21.5. The Morgan fingerprint density at radius 2 is 1.79 bits per heavy atom. The highest BCUT2D eigenvalue weighted by Gasteiger charge is 2.63. The van der Waals surface area contributed by atoms with Crippen LogP contribution < -0.4 is 0 Å². The summed E-state index contributed by atoms with van der Waals surface area (Å²) in [6.07, 6.45) is 10.0. The van der Waals surface area contributed by atoms with Crippen LogP contribution in [0.1, 0.15) is 93.1 Å². The molecule has 4 aliphatic carbocycles. The number of rotatable bonds is 4. The van der Waals surface area contributed by atoms with E-state index < -0.39 is 5.60 Å². The Morgan fingerprint density at radius 3 is 2.52 bits per heavy atom. The third kappa shape index (κ3) is 3.64. The number of ether oxygens (including phenoxy) is 1. The number of aryl methyl sites for hydroxylation is 2. The highest BCUT2D eigenvalue weighted by molar-refractivity contribution is 5.98. The molecular weight excluding hydrogens is 408 g/mol. The number of hydrogen-bond donors (Lipinski definition) is 1. The fourth-order valence-corrected chi connectivity index (χ4v) is 9.31. The molecular formula is C30H44O3. The number of carbonyl (C=O) groups excluding carboxylic acids is 1. The summed E-state index contributed by atoms with van der Waals surface area (Å²) in [5, 5.41) is 10.8. The molecule has 182 valence electrons. The summed E-state index contributed by atoms with van der Waals surface area (Å²) in [6, 6.07) is 6.29. The number of Topliss-reactive ketones (excluding diaryl/α,β-unsaturated/α-hetero) is 1. The lowest BCUT2D eigenvalue weighted by Gasteiger charge is -2.62. The molecule has 0 spiro atoms. The molecule has 4 aliphatic rings. The van der Waals surface area contributed by atoms with Crippen LogP contribution in [0.4, 0.5) is 0 Å². The second-order valence-electron chi connectivity index (χ2n) is 12.9.